The Morgan fingerprint density at radius 3 is 2.43 bits per heavy atom. The number of ether oxygens (including phenoxy) is 1. The summed E-state index contributed by atoms with van der Waals surface area (Å²) in [6.45, 7) is 3.40. The van der Waals surface area contributed by atoms with E-state index < -0.39 is 10.0 Å². The predicted molar refractivity (Wildman–Crippen MR) is 89.5 cm³/mol. The van der Waals surface area contributed by atoms with Crippen LogP contribution in [0.1, 0.15) is 10.4 Å². The molecule has 0 spiro atoms. The SMILES string of the molecule is COCCNS(=O)(=O)c1ccc(C(=O)N2CCNCC2)cc1.Cl. The molecule has 1 aromatic rings. The monoisotopic (exact) mass is 363 g/mol. The number of methoxy groups -OCH3 is 1. The molecule has 2 N–H and O–H groups in total. The van der Waals surface area contributed by atoms with Gasteiger partial charge in [0.2, 0.25) is 10.0 Å². The van der Waals surface area contributed by atoms with E-state index in [1.807, 2.05) is 0 Å². The maximum Gasteiger partial charge on any atom is 0.253 e. The minimum atomic E-state index is -3.56. The lowest BCUT2D eigenvalue weighted by Crippen LogP contribution is -2.46. The van der Waals surface area contributed by atoms with Crippen LogP contribution in [0.25, 0.3) is 0 Å². The largest absolute Gasteiger partial charge is 0.383 e. The van der Waals surface area contributed by atoms with Gasteiger partial charge in [0.25, 0.3) is 5.91 Å². The molecule has 1 amide bonds. The van der Waals surface area contributed by atoms with E-state index in [9.17, 15) is 13.2 Å². The summed E-state index contributed by atoms with van der Waals surface area (Å²) >= 11 is 0. The predicted octanol–water partition coefficient (Wildman–Crippen LogP) is 0.0785. The second-order valence-electron chi connectivity index (χ2n) is 4.96. The number of nitrogens with one attached hydrogen (secondary N) is 2. The Morgan fingerprint density at radius 2 is 1.87 bits per heavy atom. The molecular weight excluding hydrogens is 342 g/mol. The molecule has 130 valence electrons. The number of carbonyl (C=O) groups is 1. The van der Waals surface area contributed by atoms with Gasteiger partial charge >= 0.3 is 0 Å². The zero-order chi connectivity index (χ0) is 16.0. The van der Waals surface area contributed by atoms with Gasteiger partial charge in [-0.1, -0.05) is 0 Å². The van der Waals surface area contributed by atoms with Gasteiger partial charge in [0, 0.05) is 45.4 Å². The average molecular weight is 364 g/mol. The number of sulfonamides is 1. The van der Waals surface area contributed by atoms with Gasteiger partial charge < -0.3 is 15.0 Å². The van der Waals surface area contributed by atoms with E-state index in [-0.39, 0.29) is 29.8 Å². The van der Waals surface area contributed by atoms with Crippen molar-refractivity contribution in [3.63, 3.8) is 0 Å². The van der Waals surface area contributed by atoms with Crippen molar-refractivity contribution in [3.05, 3.63) is 29.8 Å². The number of nitrogens with zero attached hydrogens (tertiary/aromatic N) is 1. The molecule has 1 aromatic carbocycles. The van der Waals surface area contributed by atoms with Crippen LogP contribution in [0.4, 0.5) is 0 Å². The van der Waals surface area contributed by atoms with Gasteiger partial charge in [-0.25, -0.2) is 13.1 Å². The molecule has 0 radical (unpaired) electrons. The minimum Gasteiger partial charge on any atom is -0.383 e. The first kappa shape index (κ1) is 19.9. The number of carbonyl (C=O) groups excluding carboxylic acids is 1. The standard InChI is InChI=1S/C14H21N3O4S.ClH/c1-21-11-8-16-22(19,20)13-4-2-12(3-5-13)14(18)17-9-6-15-7-10-17;/h2-5,15-16H,6-11H2,1H3;1H. The molecule has 0 aromatic heterocycles. The zero-order valence-electron chi connectivity index (χ0n) is 12.9. The summed E-state index contributed by atoms with van der Waals surface area (Å²) in [6, 6.07) is 6.00. The molecule has 2 rings (SSSR count). The zero-order valence-corrected chi connectivity index (χ0v) is 14.6. The average Bonchev–Trinajstić information content (AvgIpc) is 2.55. The summed E-state index contributed by atoms with van der Waals surface area (Å²) < 4.78 is 31.3. The van der Waals surface area contributed by atoms with Crippen molar-refractivity contribution in [3.8, 4) is 0 Å². The first-order chi connectivity index (χ1) is 10.5. The van der Waals surface area contributed by atoms with Crippen LogP contribution >= 0.6 is 12.4 Å². The molecule has 0 saturated carbocycles. The van der Waals surface area contributed by atoms with E-state index in [1.54, 1.807) is 17.0 Å². The summed E-state index contributed by atoms with van der Waals surface area (Å²) in [5.74, 6) is -0.0715. The molecule has 0 aliphatic carbocycles. The Labute approximate surface area is 142 Å². The van der Waals surface area contributed by atoms with Crippen molar-refractivity contribution in [2.24, 2.45) is 0 Å². The molecule has 9 heteroatoms. The Hall–Kier alpha value is -1.19. The van der Waals surface area contributed by atoms with Gasteiger partial charge in [-0.15, -0.1) is 12.4 Å². The van der Waals surface area contributed by atoms with Crippen molar-refractivity contribution < 1.29 is 17.9 Å². The number of piperazine rings is 1. The summed E-state index contributed by atoms with van der Waals surface area (Å²) in [5.41, 5.74) is 0.498. The second kappa shape index (κ2) is 9.19. The second-order valence-corrected chi connectivity index (χ2v) is 6.72. The fourth-order valence-electron chi connectivity index (χ4n) is 2.19. The van der Waals surface area contributed by atoms with Crippen LogP contribution in [0.5, 0.6) is 0 Å². The van der Waals surface area contributed by atoms with E-state index in [0.29, 0.717) is 25.3 Å². The highest BCUT2D eigenvalue weighted by Gasteiger charge is 2.19. The third-order valence-electron chi connectivity index (χ3n) is 3.41. The van der Waals surface area contributed by atoms with Gasteiger partial charge in [0.1, 0.15) is 0 Å². The highest BCUT2D eigenvalue weighted by molar-refractivity contribution is 7.89. The smallest absolute Gasteiger partial charge is 0.253 e. The van der Waals surface area contributed by atoms with Gasteiger partial charge in [-0.2, -0.15) is 0 Å². The fraction of sp³-hybridized carbons (Fsp3) is 0.500. The van der Waals surface area contributed by atoms with Crippen molar-refractivity contribution in [2.75, 3.05) is 46.4 Å². The Kier molecular flexibility index (Phi) is 7.93. The summed E-state index contributed by atoms with van der Waals surface area (Å²) in [7, 11) is -2.06. The van der Waals surface area contributed by atoms with Crippen LogP contribution in [0.15, 0.2) is 29.2 Å². The van der Waals surface area contributed by atoms with E-state index in [0.717, 1.165) is 13.1 Å². The van der Waals surface area contributed by atoms with Gasteiger partial charge in [-0.3, -0.25) is 4.79 Å². The van der Waals surface area contributed by atoms with Crippen LogP contribution < -0.4 is 10.0 Å². The van der Waals surface area contributed by atoms with E-state index in [2.05, 4.69) is 10.0 Å². The van der Waals surface area contributed by atoms with E-state index in [1.165, 1.54) is 19.2 Å². The van der Waals surface area contributed by atoms with E-state index in [4.69, 9.17) is 4.74 Å². The number of hydrogen-bond acceptors (Lipinski definition) is 5. The Morgan fingerprint density at radius 1 is 1.26 bits per heavy atom. The number of benzene rings is 1. The summed E-state index contributed by atoms with van der Waals surface area (Å²) in [6.07, 6.45) is 0. The van der Waals surface area contributed by atoms with Crippen LogP contribution in [0.3, 0.4) is 0 Å². The topological polar surface area (TPSA) is 87.7 Å². The van der Waals surface area contributed by atoms with Crippen LogP contribution in [-0.2, 0) is 14.8 Å². The summed E-state index contributed by atoms with van der Waals surface area (Å²) in [4.78, 5) is 14.2. The van der Waals surface area contributed by atoms with Crippen molar-refractivity contribution in [2.45, 2.75) is 4.90 Å². The quantitative estimate of drug-likeness (QED) is 0.699. The number of halogens is 1. The highest BCUT2D eigenvalue weighted by atomic mass is 35.5. The molecule has 1 aliphatic heterocycles. The van der Waals surface area contributed by atoms with Gasteiger partial charge in [-0.05, 0) is 24.3 Å². The molecular formula is C14H22ClN3O4S. The fourth-order valence-corrected chi connectivity index (χ4v) is 3.20. The Balaban J connectivity index is 0.00000264. The van der Waals surface area contributed by atoms with Crippen LogP contribution in [0.2, 0.25) is 0 Å². The molecule has 0 bridgehead atoms. The maximum atomic E-state index is 12.3. The molecule has 1 aliphatic rings. The van der Waals surface area contributed by atoms with Crippen molar-refractivity contribution in [1.29, 1.82) is 0 Å². The lowest BCUT2D eigenvalue weighted by Gasteiger charge is -2.27. The molecule has 1 heterocycles. The van der Waals surface area contributed by atoms with Gasteiger partial charge in [0.05, 0.1) is 11.5 Å². The molecule has 1 saturated heterocycles. The first-order valence-corrected chi connectivity index (χ1v) is 8.61. The Bertz CT molecular complexity index is 601. The normalized spacial score (nSPS) is 15.1. The van der Waals surface area contributed by atoms with Gasteiger partial charge in [0.15, 0.2) is 0 Å². The third kappa shape index (κ3) is 5.43. The van der Waals surface area contributed by atoms with Crippen LogP contribution in [0, 0.1) is 0 Å². The lowest BCUT2D eigenvalue weighted by molar-refractivity contribution is 0.0735. The van der Waals surface area contributed by atoms with Crippen molar-refractivity contribution >= 4 is 28.3 Å². The molecule has 23 heavy (non-hydrogen) atoms. The molecule has 7 nitrogen and oxygen atoms in total. The number of amides is 1. The number of rotatable bonds is 6. The molecule has 0 unspecified atom stereocenters. The molecule has 0 atom stereocenters. The first-order valence-electron chi connectivity index (χ1n) is 7.13. The van der Waals surface area contributed by atoms with Crippen molar-refractivity contribution in [1.82, 2.24) is 14.9 Å². The summed E-state index contributed by atoms with van der Waals surface area (Å²) in [5, 5.41) is 3.18. The lowest BCUT2D eigenvalue weighted by atomic mass is 10.2. The molecule has 1 fully saturated rings. The highest BCUT2D eigenvalue weighted by Crippen LogP contribution is 2.12. The number of hydrogen-bond donors (Lipinski definition) is 2. The van der Waals surface area contributed by atoms with Crippen LogP contribution in [-0.4, -0.2) is 65.7 Å². The maximum absolute atomic E-state index is 12.3. The third-order valence-corrected chi connectivity index (χ3v) is 4.89. The minimum absolute atomic E-state index is 0. The van der Waals surface area contributed by atoms with E-state index >= 15 is 0 Å².